The van der Waals surface area contributed by atoms with Crippen LogP contribution in [0.5, 0.6) is 0 Å². The van der Waals surface area contributed by atoms with Gasteiger partial charge in [0.15, 0.2) is 17.3 Å². The molecule has 0 radical (unpaired) electrons. The molecule has 3 rings (SSSR count). The monoisotopic (exact) mass is 532 g/mol. The van der Waals surface area contributed by atoms with Gasteiger partial charge in [-0.1, -0.05) is 69.9 Å². The highest BCUT2D eigenvalue weighted by Crippen LogP contribution is 2.29. The van der Waals surface area contributed by atoms with Crippen molar-refractivity contribution in [2.24, 2.45) is 23.7 Å². The second-order valence-corrected chi connectivity index (χ2v) is 11.1. The van der Waals surface area contributed by atoms with Gasteiger partial charge in [-0.25, -0.2) is 0 Å². The van der Waals surface area contributed by atoms with E-state index in [1.54, 1.807) is 19.1 Å². The number of amides is 1. The van der Waals surface area contributed by atoms with Gasteiger partial charge in [0.05, 0.1) is 6.04 Å². The van der Waals surface area contributed by atoms with Crippen LogP contribution >= 0.6 is 0 Å². The Bertz CT molecular complexity index is 1140. The predicted molar refractivity (Wildman–Crippen MR) is 149 cm³/mol. The van der Waals surface area contributed by atoms with Gasteiger partial charge in [-0.15, -0.1) is 0 Å². The van der Waals surface area contributed by atoms with E-state index in [1.807, 2.05) is 44.2 Å². The zero-order valence-electron chi connectivity index (χ0n) is 23.2. The van der Waals surface area contributed by atoms with Gasteiger partial charge < -0.3 is 5.32 Å². The van der Waals surface area contributed by atoms with E-state index in [0.717, 1.165) is 31.2 Å². The minimum absolute atomic E-state index is 0.0194. The molecule has 0 unspecified atom stereocenters. The van der Waals surface area contributed by atoms with Crippen molar-refractivity contribution in [2.45, 2.75) is 78.2 Å². The molecule has 1 aliphatic rings. The molecule has 1 aromatic heterocycles. The van der Waals surface area contributed by atoms with E-state index < -0.39 is 29.6 Å². The van der Waals surface area contributed by atoms with Crippen LogP contribution in [0.2, 0.25) is 0 Å². The molecule has 2 aromatic rings. The molecule has 0 spiro atoms. The number of ketones is 4. The summed E-state index contributed by atoms with van der Waals surface area (Å²) >= 11 is 0. The third-order valence-corrected chi connectivity index (χ3v) is 7.76. The van der Waals surface area contributed by atoms with Gasteiger partial charge in [-0.05, 0) is 42.9 Å². The number of hydrogen-bond donors (Lipinski definition) is 1. The minimum Gasteiger partial charge on any atom is -0.346 e. The van der Waals surface area contributed by atoms with E-state index in [2.05, 4.69) is 10.3 Å². The summed E-state index contributed by atoms with van der Waals surface area (Å²) < 4.78 is 0. The fraction of sp³-hybridized carbons (Fsp3) is 0.500. The molecule has 3 atom stereocenters. The Morgan fingerprint density at radius 3 is 2.15 bits per heavy atom. The van der Waals surface area contributed by atoms with Crippen LogP contribution in [0, 0.1) is 23.7 Å². The first-order valence-electron chi connectivity index (χ1n) is 14.0. The molecule has 1 amide bonds. The number of benzene rings is 1. The van der Waals surface area contributed by atoms with Crippen LogP contribution in [0.3, 0.4) is 0 Å². The van der Waals surface area contributed by atoms with E-state index in [-0.39, 0.29) is 48.4 Å². The van der Waals surface area contributed by atoms with Crippen molar-refractivity contribution in [3.05, 3.63) is 66.0 Å². The van der Waals surface area contributed by atoms with Gasteiger partial charge in [0, 0.05) is 49.1 Å². The van der Waals surface area contributed by atoms with E-state index in [0.29, 0.717) is 12.0 Å². The Balaban J connectivity index is 1.65. The number of carbonyl (C=O) groups excluding carboxylic acids is 5. The number of carbonyl (C=O) groups is 5. The van der Waals surface area contributed by atoms with E-state index in [1.165, 1.54) is 12.4 Å². The van der Waals surface area contributed by atoms with Crippen LogP contribution in [0.15, 0.2) is 54.9 Å². The molecule has 1 N–H and O–H groups in total. The Kier molecular flexibility index (Phi) is 11.3. The fourth-order valence-electron chi connectivity index (χ4n) is 5.26. The number of aromatic nitrogens is 1. The van der Waals surface area contributed by atoms with Crippen molar-refractivity contribution in [2.75, 3.05) is 0 Å². The molecular formula is C32H40N2O5. The second kappa shape index (κ2) is 14.6. The second-order valence-electron chi connectivity index (χ2n) is 11.1. The number of pyridine rings is 1. The molecule has 7 nitrogen and oxygen atoms in total. The summed E-state index contributed by atoms with van der Waals surface area (Å²) in [5.74, 6) is -3.05. The highest BCUT2D eigenvalue weighted by Gasteiger charge is 2.33. The first kappa shape index (κ1) is 30.1. The predicted octanol–water partition coefficient (Wildman–Crippen LogP) is 4.97. The number of hydrogen-bond acceptors (Lipinski definition) is 6. The minimum atomic E-state index is -0.856. The number of rotatable bonds is 15. The molecular weight excluding hydrogens is 492 g/mol. The third-order valence-electron chi connectivity index (χ3n) is 7.76. The van der Waals surface area contributed by atoms with E-state index in [9.17, 15) is 24.0 Å². The number of nitrogens with zero attached hydrogens (tertiary/aromatic N) is 1. The topological polar surface area (TPSA) is 110 Å². The largest absolute Gasteiger partial charge is 0.346 e. The van der Waals surface area contributed by atoms with Crippen LogP contribution in [-0.2, 0) is 25.6 Å². The van der Waals surface area contributed by atoms with Crippen LogP contribution in [0.4, 0.5) is 0 Å². The summed E-state index contributed by atoms with van der Waals surface area (Å²) in [4.78, 5) is 69.0. The summed E-state index contributed by atoms with van der Waals surface area (Å²) in [7, 11) is 0. The first-order chi connectivity index (χ1) is 18.7. The molecule has 39 heavy (non-hydrogen) atoms. The molecule has 0 saturated heterocycles. The summed E-state index contributed by atoms with van der Waals surface area (Å²) in [6, 6.07) is 11.8. The quantitative estimate of drug-likeness (QED) is 0.256. The van der Waals surface area contributed by atoms with Crippen molar-refractivity contribution >= 4 is 29.0 Å². The average molecular weight is 533 g/mol. The van der Waals surface area contributed by atoms with Crippen LogP contribution in [-0.4, -0.2) is 40.1 Å². The standard InChI is InChI=1S/C32H40N2O5/c1-21(2)27(31(38)30(37)18-24-11-7-8-12-24)20-28(35)22(3)34-32(39)26(17-23-9-5-4-6-10-23)19-29(36)25-13-15-33-16-14-25/h4-6,9-10,13-16,21-22,24,26-27H,7-8,11-12,17-20H2,1-3H3,(H,34,39)/t22-,26+,27-/m0/s1. The summed E-state index contributed by atoms with van der Waals surface area (Å²) in [5.41, 5.74) is 1.38. The maximum absolute atomic E-state index is 13.3. The van der Waals surface area contributed by atoms with Crippen molar-refractivity contribution in [1.29, 1.82) is 0 Å². The SMILES string of the molecule is CC(C)[C@H](CC(=O)[C@H](C)NC(=O)[C@@H](CC(=O)c1ccncc1)Cc1ccccc1)C(=O)C(=O)CC1CCCC1. The van der Waals surface area contributed by atoms with Crippen molar-refractivity contribution in [3.8, 4) is 0 Å². The van der Waals surface area contributed by atoms with Crippen LogP contribution in [0.1, 0.15) is 81.6 Å². The molecule has 1 aromatic carbocycles. The maximum Gasteiger partial charge on any atom is 0.224 e. The Hall–Kier alpha value is -3.48. The summed E-state index contributed by atoms with van der Waals surface area (Å²) in [6.45, 7) is 5.26. The summed E-state index contributed by atoms with van der Waals surface area (Å²) in [6.07, 6.45) is 7.67. The Morgan fingerprint density at radius 2 is 1.54 bits per heavy atom. The van der Waals surface area contributed by atoms with Gasteiger partial charge in [0.2, 0.25) is 11.7 Å². The highest BCUT2D eigenvalue weighted by molar-refractivity contribution is 6.38. The van der Waals surface area contributed by atoms with Gasteiger partial charge in [0.25, 0.3) is 0 Å². The Labute approximate surface area is 231 Å². The first-order valence-corrected chi connectivity index (χ1v) is 14.0. The maximum atomic E-state index is 13.3. The lowest BCUT2D eigenvalue weighted by Crippen LogP contribution is -2.44. The van der Waals surface area contributed by atoms with Gasteiger partial charge >= 0.3 is 0 Å². The number of nitrogens with one attached hydrogen (secondary N) is 1. The Morgan fingerprint density at radius 1 is 0.897 bits per heavy atom. The molecule has 1 fully saturated rings. The van der Waals surface area contributed by atoms with Gasteiger partial charge in [0.1, 0.15) is 0 Å². The smallest absolute Gasteiger partial charge is 0.224 e. The normalized spacial score (nSPS) is 15.9. The number of Topliss-reactive ketones (excluding diaryl/α,β-unsaturated/α-hetero) is 4. The van der Waals surface area contributed by atoms with Gasteiger partial charge in [-0.2, -0.15) is 0 Å². The third kappa shape index (κ3) is 9.05. The zero-order valence-corrected chi connectivity index (χ0v) is 23.2. The van der Waals surface area contributed by atoms with Gasteiger partial charge in [-0.3, -0.25) is 29.0 Å². The van der Waals surface area contributed by atoms with Crippen molar-refractivity contribution in [1.82, 2.24) is 10.3 Å². The summed E-state index contributed by atoms with van der Waals surface area (Å²) in [5, 5.41) is 2.78. The highest BCUT2D eigenvalue weighted by atomic mass is 16.2. The molecule has 7 heteroatoms. The van der Waals surface area contributed by atoms with Crippen molar-refractivity contribution in [3.63, 3.8) is 0 Å². The lowest BCUT2D eigenvalue weighted by Gasteiger charge is -2.23. The molecule has 1 aliphatic carbocycles. The van der Waals surface area contributed by atoms with Crippen LogP contribution < -0.4 is 5.32 Å². The molecule has 1 heterocycles. The molecule has 208 valence electrons. The lowest BCUT2D eigenvalue weighted by atomic mass is 9.82. The molecule has 1 saturated carbocycles. The van der Waals surface area contributed by atoms with E-state index >= 15 is 0 Å². The lowest BCUT2D eigenvalue weighted by molar-refractivity contribution is -0.141. The van der Waals surface area contributed by atoms with Crippen molar-refractivity contribution < 1.29 is 24.0 Å². The van der Waals surface area contributed by atoms with E-state index in [4.69, 9.17) is 0 Å². The van der Waals surface area contributed by atoms with Crippen LogP contribution in [0.25, 0.3) is 0 Å². The zero-order chi connectivity index (χ0) is 28.4. The fourth-order valence-corrected chi connectivity index (χ4v) is 5.26. The molecule has 0 bridgehead atoms. The molecule has 0 aliphatic heterocycles. The average Bonchev–Trinajstić information content (AvgIpc) is 3.44.